The molecule has 2 aromatic rings. The summed E-state index contributed by atoms with van der Waals surface area (Å²) in [6, 6.07) is 3.63. The van der Waals surface area contributed by atoms with Crippen LogP contribution in [0.5, 0.6) is 0 Å². The highest BCUT2D eigenvalue weighted by molar-refractivity contribution is 7.99. The first-order valence-electron chi connectivity index (χ1n) is 5.52. The van der Waals surface area contributed by atoms with Crippen LogP contribution >= 0.6 is 23.4 Å². The Kier molecular flexibility index (Phi) is 4.63. The number of ether oxygens (including phenoxy) is 1. The standard InChI is InChI=1S/C12H13ClN2O2S/c1-3-16-7-11-14-10(13)6-12(15-11)18-9-4-5-17-8(9)2/h4-6H,3,7H2,1-2H3. The second-order valence-electron chi connectivity index (χ2n) is 3.53. The topological polar surface area (TPSA) is 48.2 Å². The maximum absolute atomic E-state index is 5.97. The fraction of sp³-hybridized carbons (Fsp3) is 0.333. The van der Waals surface area contributed by atoms with Crippen molar-refractivity contribution in [3.05, 3.63) is 35.1 Å². The summed E-state index contributed by atoms with van der Waals surface area (Å²) < 4.78 is 10.5. The highest BCUT2D eigenvalue weighted by atomic mass is 35.5. The van der Waals surface area contributed by atoms with Crippen LogP contribution in [0.1, 0.15) is 18.5 Å². The summed E-state index contributed by atoms with van der Waals surface area (Å²) >= 11 is 7.46. The molecule has 0 radical (unpaired) electrons. The predicted molar refractivity (Wildman–Crippen MR) is 69.9 cm³/mol. The summed E-state index contributed by atoms with van der Waals surface area (Å²) in [7, 11) is 0. The molecule has 0 aromatic carbocycles. The zero-order valence-electron chi connectivity index (χ0n) is 10.1. The van der Waals surface area contributed by atoms with Crippen molar-refractivity contribution in [2.75, 3.05) is 6.61 Å². The van der Waals surface area contributed by atoms with E-state index in [0.717, 1.165) is 15.7 Å². The van der Waals surface area contributed by atoms with Gasteiger partial charge in [0.1, 0.15) is 22.5 Å². The van der Waals surface area contributed by atoms with Crippen LogP contribution in [0.15, 0.2) is 32.7 Å². The molecule has 2 heterocycles. The van der Waals surface area contributed by atoms with Gasteiger partial charge in [-0.3, -0.25) is 0 Å². The van der Waals surface area contributed by atoms with Crippen molar-refractivity contribution >= 4 is 23.4 Å². The van der Waals surface area contributed by atoms with E-state index in [1.165, 1.54) is 11.8 Å². The number of rotatable bonds is 5. The Labute approximate surface area is 115 Å². The van der Waals surface area contributed by atoms with Gasteiger partial charge >= 0.3 is 0 Å². The van der Waals surface area contributed by atoms with Crippen LogP contribution in [0.25, 0.3) is 0 Å². The SMILES string of the molecule is CCOCc1nc(Cl)cc(Sc2ccoc2C)n1. The third-order valence-corrected chi connectivity index (χ3v) is 3.43. The fourth-order valence-corrected chi connectivity index (χ4v) is 2.47. The number of aryl methyl sites for hydroxylation is 1. The highest BCUT2D eigenvalue weighted by Gasteiger charge is 2.08. The molecule has 0 spiro atoms. The van der Waals surface area contributed by atoms with E-state index in [1.807, 2.05) is 19.9 Å². The van der Waals surface area contributed by atoms with Crippen molar-refractivity contribution in [2.24, 2.45) is 0 Å². The molecule has 96 valence electrons. The molecule has 0 unspecified atom stereocenters. The molecule has 0 aliphatic carbocycles. The summed E-state index contributed by atoms with van der Waals surface area (Å²) in [5.41, 5.74) is 0. The number of halogens is 1. The summed E-state index contributed by atoms with van der Waals surface area (Å²) in [6.45, 7) is 4.83. The van der Waals surface area contributed by atoms with Crippen LogP contribution in [0.3, 0.4) is 0 Å². The lowest BCUT2D eigenvalue weighted by Gasteiger charge is -2.04. The van der Waals surface area contributed by atoms with Crippen molar-refractivity contribution in [3.8, 4) is 0 Å². The fourth-order valence-electron chi connectivity index (χ4n) is 1.34. The maximum Gasteiger partial charge on any atom is 0.157 e. The summed E-state index contributed by atoms with van der Waals surface area (Å²) in [4.78, 5) is 9.52. The molecule has 0 saturated heterocycles. The second kappa shape index (κ2) is 6.22. The van der Waals surface area contributed by atoms with E-state index in [2.05, 4.69) is 9.97 Å². The lowest BCUT2D eigenvalue weighted by Crippen LogP contribution is -2.00. The van der Waals surface area contributed by atoms with Gasteiger partial charge in [-0.25, -0.2) is 9.97 Å². The van der Waals surface area contributed by atoms with Crippen molar-refractivity contribution in [1.29, 1.82) is 0 Å². The van der Waals surface area contributed by atoms with E-state index in [4.69, 9.17) is 20.8 Å². The summed E-state index contributed by atoms with van der Waals surface area (Å²) in [5.74, 6) is 1.45. The monoisotopic (exact) mass is 284 g/mol. The Morgan fingerprint density at radius 2 is 2.28 bits per heavy atom. The molecular weight excluding hydrogens is 272 g/mol. The molecule has 0 aliphatic rings. The van der Waals surface area contributed by atoms with E-state index in [9.17, 15) is 0 Å². The van der Waals surface area contributed by atoms with E-state index >= 15 is 0 Å². The van der Waals surface area contributed by atoms with Crippen molar-refractivity contribution < 1.29 is 9.15 Å². The van der Waals surface area contributed by atoms with Crippen molar-refractivity contribution in [2.45, 2.75) is 30.4 Å². The molecule has 0 atom stereocenters. The van der Waals surface area contributed by atoms with Gasteiger partial charge in [0.2, 0.25) is 0 Å². The zero-order chi connectivity index (χ0) is 13.0. The lowest BCUT2D eigenvalue weighted by molar-refractivity contribution is 0.128. The van der Waals surface area contributed by atoms with Gasteiger partial charge in [0.15, 0.2) is 5.82 Å². The van der Waals surface area contributed by atoms with Crippen LogP contribution in [0, 0.1) is 6.92 Å². The van der Waals surface area contributed by atoms with E-state index in [1.54, 1.807) is 12.3 Å². The Morgan fingerprint density at radius 1 is 1.44 bits per heavy atom. The van der Waals surface area contributed by atoms with Crippen LogP contribution in [0.2, 0.25) is 5.15 Å². The van der Waals surface area contributed by atoms with E-state index in [0.29, 0.717) is 24.2 Å². The van der Waals surface area contributed by atoms with Crippen LogP contribution in [-0.4, -0.2) is 16.6 Å². The molecule has 0 bridgehead atoms. The molecule has 4 nitrogen and oxygen atoms in total. The number of furan rings is 1. The van der Waals surface area contributed by atoms with Gasteiger partial charge in [0, 0.05) is 12.7 Å². The molecule has 18 heavy (non-hydrogen) atoms. The Balaban J connectivity index is 2.17. The molecular formula is C12H13ClN2O2S. The first-order chi connectivity index (χ1) is 8.69. The average molecular weight is 285 g/mol. The Morgan fingerprint density at radius 3 is 2.94 bits per heavy atom. The van der Waals surface area contributed by atoms with Crippen LogP contribution in [-0.2, 0) is 11.3 Å². The zero-order valence-corrected chi connectivity index (χ0v) is 11.7. The average Bonchev–Trinajstić information content (AvgIpc) is 2.72. The molecule has 6 heteroatoms. The smallest absolute Gasteiger partial charge is 0.157 e. The largest absolute Gasteiger partial charge is 0.468 e. The van der Waals surface area contributed by atoms with Crippen molar-refractivity contribution in [3.63, 3.8) is 0 Å². The van der Waals surface area contributed by atoms with Gasteiger partial charge in [-0.2, -0.15) is 0 Å². The summed E-state index contributed by atoms with van der Waals surface area (Å²) in [6.07, 6.45) is 1.65. The molecule has 2 aromatic heterocycles. The first kappa shape index (κ1) is 13.4. The van der Waals surface area contributed by atoms with E-state index < -0.39 is 0 Å². The minimum atomic E-state index is 0.370. The normalized spacial score (nSPS) is 10.8. The predicted octanol–water partition coefficient (Wildman–Crippen LogP) is 3.72. The van der Waals surface area contributed by atoms with Crippen LogP contribution in [0.4, 0.5) is 0 Å². The number of nitrogens with zero attached hydrogens (tertiary/aromatic N) is 2. The summed E-state index contributed by atoms with van der Waals surface area (Å²) in [5, 5.41) is 1.21. The maximum atomic E-state index is 5.97. The van der Waals surface area contributed by atoms with Gasteiger partial charge in [-0.1, -0.05) is 23.4 Å². The first-order valence-corrected chi connectivity index (χ1v) is 6.71. The molecule has 0 fully saturated rings. The molecule has 2 rings (SSSR count). The van der Waals surface area contributed by atoms with Gasteiger partial charge < -0.3 is 9.15 Å². The number of hydrogen-bond donors (Lipinski definition) is 0. The third-order valence-electron chi connectivity index (χ3n) is 2.18. The molecule has 0 saturated carbocycles. The Hall–Kier alpha value is -1.04. The third kappa shape index (κ3) is 3.48. The molecule has 0 N–H and O–H groups in total. The Bertz CT molecular complexity index is 531. The highest BCUT2D eigenvalue weighted by Crippen LogP contribution is 2.30. The van der Waals surface area contributed by atoms with Gasteiger partial charge in [-0.05, 0) is 19.9 Å². The number of aromatic nitrogens is 2. The lowest BCUT2D eigenvalue weighted by atomic mass is 10.5. The van der Waals surface area contributed by atoms with Gasteiger partial charge in [0.25, 0.3) is 0 Å². The van der Waals surface area contributed by atoms with Crippen LogP contribution < -0.4 is 0 Å². The van der Waals surface area contributed by atoms with Crippen molar-refractivity contribution in [1.82, 2.24) is 9.97 Å². The second-order valence-corrected chi connectivity index (χ2v) is 4.97. The molecule has 0 amide bonds. The number of hydrogen-bond acceptors (Lipinski definition) is 5. The minimum absolute atomic E-state index is 0.370. The quantitative estimate of drug-likeness (QED) is 0.783. The molecule has 0 aliphatic heterocycles. The van der Waals surface area contributed by atoms with Gasteiger partial charge in [0.05, 0.1) is 11.2 Å². The van der Waals surface area contributed by atoms with Gasteiger partial charge in [-0.15, -0.1) is 0 Å². The van der Waals surface area contributed by atoms with E-state index in [-0.39, 0.29) is 0 Å². The minimum Gasteiger partial charge on any atom is -0.468 e.